The van der Waals surface area contributed by atoms with Crippen molar-refractivity contribution in [3.63, 3.8) is 0 Å². The molecule has 1 unspecified atom stereocenters. The summed E-state index contributed by atoms with van der Waals surface area (Å²) >= 11 is 1.34. The van der Waals surface area contributed by atoms with Crippen LogP contribution in [0.5, 0.6) is 0 Å². The third kappa shape index (κ3) is 3.96. The highest BCUT2D eigenvalue weighted by Crippen LogP contribution is 2.36. The van der Waals surface area contributed by atoms with Crippen LogP contribution in [0.25, 0.3) is 11.3 Å². The Hall–Kier alpha value is -2.92. The third-order valence-electron chi connectivity index (χ3n) is 4.64. The Morgan fingerprint density at radius 1 is 1.24 bits per heavy atom. The number of nitrogens with zero attached hydrogens (tertiary/aromatic N) is 3. The summed E-state index contributed by atoms with van der Waals surface area (Å²) in [6, 6.07) is 8.67. The standard InChI is InChI=1S/C21H18F3N3OS/c1-12(2)19(17-10-29-11-26-17)27-18(14-6-4-5-13(3)7-14)8-16(21(22,23)24)15(9-25)20(27)28/h4-8,10-12,19H,1-3H3. The lowest BCUT2D eigenvalue weighted by molar-refractivity contribution is -0.137. The minimum absolute atomic E-state index is 0.108. The van der Waals surface area contributed by atoms with E-state index in [9.17, 15) is 23.2 Å². The average Bonchev–Trinajstić information content (AvgIpc) is 3.15. The number of rotatable bonds is 4. The van der Waals surface area contributed by atoms with Gasteiger partial charge in [-0.1, -0.05) is 37.6 Å². The highest BCUT2D eigenvalue weighted by atomic mass is 32.1. The molecular formula is C21H18F3N3OS. The van der Waals surface area contributed by atoms with Gasteiger partial charge in [-0.3, -0.25) is 9.36 Å². The second-order valence-electron chi connectivity index (χ2n) is 7.07. The molecule has 29 heavy (non-hydrogen) atoms. The van der Waals surface area contributed by atoms with Crippen LogP contribution in [0.15, 0.2) is 46.0 Å². The van der Waals surface area contributed by atoms with Crippen LogP contribution in [0.3, 0.4) is 0 Å². The molecule has 0 saturated carbocycles. The van der Waals surface area contributed by atoms with Crippen LogP contribution >= 0.6 is 11.3 Å². The first-order valence-electron chi connectivity index (χ1n) is 8.87. The van der Waals surface area contributed by atoms with Crippen LogP contribution in [-0.4, -0.2) is 9.55 Å². The van der Waals surface area contributed by atoms with Gasteiger partial charge in [0.15, 0.2) is 0 Å². The fourth-order valence-electron chi connectivity index (χ4n) is 3.40. The Labute approximate surface area is 169 Å². The van der Waals surface area contributed by atoms with Crippen molar-refractivity contribution >= 4 is 11.3 Å². The SMILES string of the molecule is Cc1cccc(-c2cc(C(F)(F)F)c(C#N)c(=O)n2C(c2cscn2)C(C)C)c1. The Morgan fingerprint density at radius 2 is 1.97 bits per heavy atom. The van der Waals surface area contributed by atoms with Gasteiger partial charge in [-0.2, -0.15) is 18.4 Å². The molecule has 0 radical (unpaired) electrons. The number of thiazole rings is 1. The van der Waals surface area contributed by atoms with E-state index in [0.29, 0.717) is 11.3 Å². The van der Waals surface area contributed by atoms with Crippen molar-refractivity contribution in [3.8, 4) is 17.3 Å². The van der Waals surface area contributed by atoms with Gasteiger partial charge in [0.25, 0.3) is 5.56 Å². The third-order valence-corrected chi connectivity index (χ3v) is 5.24. The van der Waals surface area contributed by atoms with Crippen LogP contribution in [0.4, 0.5) is 13.2 Å². The molecule has 2 heterocycles. The Balaban J connectivity index is 2.46. The molecule has 3 rings (SSSR count). The summed E-state index contributed by atoms with van der Waals surface area (Å²) < 4.78 is 42.2. The van der Waals surface area contributed by atoms with E-state index >= 15 is 0 Å². The monoisotopic (exact) mass is 417 g/mol. The molecular weight excluding hydrogens is 399 g/mol. The molecule has 0 N–H and O–H groups in total. The van der Waals surface area contributed by atoms with Crippen LogP contribution in [0, 0.1) is 24.2 Å². The van der Waals surface area contributed by atoms with Crippen molar-refractivity contribution in [2.45, 2.75) is 33.0 Å². The molecule has 2 aromatic heterocycles. The van der Waals surface area contributed by atoms with Gasteiger partial charge in [-0.15, -0.1) is 11.3 Å². The lowest BCUT2D eigenvalue weighted by Gasteiger charge is -2.27. The van der Waals surface area contributed by atoms with E-state index in [-0.39, 0.29) is 11.6 Å². The lowest BCUT2D eigenvalue weighted by Crippen LogP contribution is -2.34. The minimum Gasteiger partial charge on any atom is -0.298 e. The summed E-state index contributed by atoms with van der Waals surface area (Å²) in [6.45, 7) is 5.54. The zero-order valence-corrected chi connectivity index (χ0v) is 16.8. The average molecular weight is 417 g/mol. The Bertz CT molecular complexity index is 1130. The number of hydrogen-bond donors (Lipinski definition) is 0. The van der Waals surface area contributed by atoms with Gasteiger partial charge in [0, 0.05) is 5.38 Å². The van der Waals surface area contributed by atoms with Crippen LogP contribution in [0.2, 0.25) is 0 Å². The molecule has 0 aliphatic carbocycles. The smallest absolute Gasteiger partial charge is 0.298 e. The normalized spacial score (nSPS) is 12.8. The molecule has 4 nitrogen and oxygen atoms in total. The van der Waals surface area contributed by atoms with E-state index in [4.69, 9.17) is 0 Å². The summed E-state index contributed by atoms with van der Waals surface area (Å²) in [5, 5.41) is 11.1. The van der Waals surface area contributed by atoms with Gasteiger partial charge in [0.2, 0.25) is 0 Å². The second kappa shape index (κ2) is 7.84. The molecule has 1 aromatic carbocycles. The maximum absolute atomic E-state index is 13.6. The van der Waals surface area contributed by atoms with E-state index in [1.54, 1.807) is 29.1 Å². The minimum atomic E-state index is -4.82. The topological polar surface area (TPSA) is 58.7 Å². The predicted octanol–water partition coefficient (Wildman–Crippen LogP) is 5.42. The number of aryl methyl sites for hydroxylation is 1. The van der Waals surface area contributed by atoms with Crippen molar-refractivity contribution in [2.24, 2.45) is 5.92 Å². The first kappa shape index (κ1) is 20.8. The fourth-order valence-corrected chi connectivity index (χ4v) is 3.98. The molecule has 0 aliphatic rings. The van der Waals surface area contributed by atoms with E-state index < -0.39 is 28.9 Å². The largest absolute Gasteiger partial charge is 0.417 e. The molecule has 0 fully saturated rings. The van der Waals surface area contributed by atoms with Gasteiger partial charge in [-0.25, -0.2) is 4.98 Å². The Morgan fingerprint density at radius 3 is 2.48 bits per heavy atom. The number of halogens is 3. The van der Waals surface area contributed by atoms with Crippen molar-refractivity contribution in [1.82, 2.24) is 9.55 Å². The number of pyridine rings is 1. The maximum atomic E-state index is 13.6. The zero-order chi connectivity index (χ0) is 21.3. The molecule has 3 aromatic rings. The lowest BCUT2D eigenvalue weighted by atomic mass is 9.96. The highest BCUT2D eigenvalue weighted by Gasteiger charge is 2.38. The molecule has 0 saturated heterocycles. The fraction of sp³-hybridized carbons (Fsp3) is 0.286. The molecule has 0 bridgehead atoms. The number of hydrogen-bond acceptors (Lipinski definition) is 4. The van der Waals surface area contributed by atoms with Gasteiger partial charge in [-0.05, 0) is 30.5 Å². The zero-order valence-electron chi connectivity index (χ0n) is 16.0. The van der Waals surface area contributed by atoms with Gasteiger partial charge >= 0.3 is 6.18 Å². The van der Waals surface area contributed by atoms with E-state index in [1.807, 2.05) is 26.8 Å². The number of alkyl halides is 3. The van der Waals surface area contributed by atoms with Crippen molar-refractivity contribution in [1.29, 1.82) is 5.26 Å². The van der Waals surface area contributed by atoms with Crippen molar-refractivity contribution in [2.75, 3.05) is 0 Å². The molecule has 1 atom stereocenters. The maximum Gasteiger partial charge on any atom is 0.417 e. The van der Waals surface area contributed by atoms with E-state index in [1.165, 1.54) is 22.0 Å². The molecule has 150 valence electrons. The summed E-state index contributed by atoms with van der Waals surface area (Å²) in [4.78, 5) is 17.5. The van der Waals surface area contributed by atoms with Gasteiger partial charge in [0.05, 0.1) is 28.5 Å². The number of aromatic nitrogens is 2. The number of nitriles is 1. The quantitative estimate of drug-likeness (QED) is 0.570. The van der Waals surface area contributed by atoms with Crippen LogP contribution in [-0.2, 0) is 6.18 Å². The molecule has 0 amide bonds. The molecule has 0 aliphatic heterocycles. The predicted molar refractivity (Wildman–Crippen MR) is 106 cm³/mol. The van der Waals surface area contributed by atoms with Gasteiger partial charge < -0.3 is 0 Å². The highest BCUT2D eigenvalue weighted by molar-refractivity contribution is 7.07. The Kier molecular flexibility index (Phi) is 5.62. The summed E-state index contributed by atoms with van der Waals surface area (Å²) in [7, 11) is 0. The van der Waals surface area contributed by atoms with E-state index in [0.717, 1.165) is 11.6 Å². The summed E-state index contributed by atoms with van der Waals surface area (Å²) in [5.41, 5.74) is 0.504. The second-order valence-corrected chi connectivity index (χ2v) is 7.79. The van der Waals surface area contributed by atoms with Crippen molar-refractivity contribution in [3.05, 3.63) is 74.0 Å². The molecule has 8 heteroatoms. The molecule has 0 spiro atoms. The summed E-state index contributed by atoms with van der Waals surface area (Å²) in [6.07, 6.45) is -4.82. The van der Waals surface area contributed by atoms with Crippen LogP contribution < -0.4 is 5.56 Å². The first-order chi connectivity index (χ1) is 13.6. The summed E-state index contributed by atoms with van der Waals surface area (Å²) in [5.74, 6) is -0.151. The number of benzene rings is 1. The van der Waals surface area contributed by atoms with Crippen molar-refractivity contribution < 1.29 is 13.2 Å². The van der Waals surface area contributed by atoms with Gasteiger partial charge in [0.1, 0.15) is 11.6 Å². The van der Waals surface area contributed by atoms with E-state index in [2.05, 4.69) is 4.98 Å². The van der Waals surface area contributed by atoms with Crippen LogP contribution in [0.1, 0.15) is 42.3 Å². The first-order valence-corrected chi connectivity index (χ1v) is 9.81.